The van der Waals surface area contributed by atoms with E-state index in [4.69, 9.17) is 4.74 Å². The van der Waals surface area contributed by atoms with Crippen molar-refractivity contribution >= 4 is 21.9 Å². The van der Waals surface area contributed by atoms with E-state index in [2.05, 4.69) is 22.0 Å². The highest BCUT2D eigenvalue weighted by molar-refractivity contribution is 9.09. The molecule has 6 heteroatoms. The van der Waals surface area contributed by atoms with Gasteiger partial charge in [-0.25, -0.2) is 4.79 Å². The Morgan fingerprint density at radius 3 is 2.57 bits per heavy atom. The van der Waals surface area contributed by atoms with Crippen LogP contribution in [0, 0.1) is 22.0 Å². The summed E-state index contributed by atoms with van der Waals surface area (Å²) in [5.74, 6) is 0.267. The van der Waals surface area contributed by atoms with E-state index in [0.717, 1.165) is 37.7 Å². The van der Waals surface area contributed by atoms with Gasteiger partial charge in [0.15, 0.2) is 0 Å². The summed E-state index contributed by atoms with van der Waals surface area (Å²) in [6.07, 6.45) is 7.70. The molecule has 0 bridgehead atoms. The van der Waals surface area contributed by atoms with Gasteiger partial charge in [-0.05, 0) is 38.0 Å². The molecule has 0 aromatic carbocycles. The summed E-state index contributed by atoms with van der Waals surface area (Å²) in [5, 5.41) is 10.8. The van der Waals surface area contributed by atoms with Crippen molar-refractivity contribution in [1.82, 2.24) is 0 Å². The van der Waals surface area contributed by atoms with Gasteiger partial charge in [-0.3, -0.25) is 10.1 Å². The molecule has 3 aliphatic rings. The van der Waals surface area contributed by atoms with Gasteiger partial charge in [0.1, 0.15) is 6.10 Å². The maximum absolute atomic E-state index is 12.2. The third-order valence-corrected chi connectivity index (χ3v) is 5.92. The smallest absolute Gasteiger partial charge is 0.334 e. The quantitative estimate of drug-likeness (QED) is 0.329. The third-order valence-electron chi connectivity index (χ3n) is 5.09. The molecule has 1 aliphatic heterocycles. The van der Waals surface area contributed by atoms with Crippen molar-refractivity contribution in [3.63, 3.8) is 0 Å². The van der Waals surface area contributed by atoms with Gasteiger partial charge in [-0.15, -0.1) is 0 Å². The van der Waals surface area contributed by atoms with Crippen molar-refractivity contribution in [2.75, 3.05) is 0 Å². The highest BCUT2D eigenvalue weighted by Crippen LogP contribution is 2.40. The third kappa shape index (κ3) is 3.15. The van der Waals surface area contributed by atoms with Gasteiger partial charge in [-0.1, -0.05) is 22.0 Å². The van der Waals surface area contributed by atoms with Crippen molar-refractivity contribution in [3.8, 4) is 0 Å². The van der Waals surface area contributed by atoms with Crippen molar-refractivity contribution in [2.24, 2.45) is 11.8 Å². The summed E-state index contributed by atoms with van der Waals surface area (Å²) >= 11 is 3.66. The van der Waals surface area contributed by atoms with Gasteiger partial charge in [0.2, 0.25) is 6.04 Å². The summed E-state index contributed by atoms with van der Waals surface area (Å²) in [6.45, 7) is 0. The molecule has 3 atom stereocenters. The molecule has 0 radical (unpaired) electrons. The zero-order valence-corrected chi connectivity index (χ0v) is 13.5. The fraction of sp³-hybridized carbons (Fsp3) is 0.800. The molecule has 0 aromatic rings. The predicted octanol–water partition coefficient (Wildman–Crippen LogP) is 3.24. The molecule has 21 heavy (non-hydrogen) atoms. The lowest BCUT2D eigenvalue weighted by atomic mass is 9.77. The number of nitrogens with zero attached hydrogens (tertiary/aromatic N) is 1. The molecule has 0 amide bonds. The Kier molecular flexibility index (Phi) is 4.33. The maximum Gasteiger partial charge on any atom is 0.334 e. The minimum Gasteiger partial charge on any atom is -0.458 e. The second-order valence-electron chi connectivity index (χ2n) is 6.43. The van der Waals surface area contributed by atoms with Crippen LogP contribution in [0.1, 0.15) is 44.9 Å². The van der Waals surface area contributed by atoms with Crippen LogP contribution >= 0.6 is 15.9 Å². The summed E-state index contributed by atoms with van der Waals surface area (Å²) in [6, 6.07) is -0.434. The fourth-order valence-electron chi connectivity index (χ4n) is 3.85. The van der Waals surface area contributed by atoms with Crippen LogP contribution in [0.4, 0.5) is 0 Å². The van der Waals surface area contributed by atoms with Crippen LogP contribution < -0.4 is 0 Å². The van der Waals surface area contributed by atoms with Crippen LogP contribution in [0.5, 0.6) is 0 Å². The molecular formula is C15H20BrNO4. The van der Waals surface area contributed by atoms with Gasteiger partial charge in [0.05, 0.1) is 0 Å². The lowest BCUT2D eigenvalue weighted by Gasteiger charge is -2.37. The molecule has 0 aromatic heterocycles. The minimum absolute atomic E-state index is 0.0326. The van der Waals surface area contributed by atoms with E-state index in [9.17, 15) is 14.9 Å². The van der Waals surface area contributed by atoms with Crippen molar-refractivity contribution < 1.29 is 14.5 Å². The van der Waals surface area contributed by atoms with E-state index >= 15 is 0 Å². The average Bonchev–Trinajstić information content (AvgIpc) is 2.47. The van der Waals surface area contributed by atoms with Crippen LogP contribution in [0.25, 0.3) is 0 Å². The number of alkyl halides is 1. The molecule has 2 saturated carbocycles. The highest BCUT2D eigenvalue weighted by atomic mass is 79.9. The number of fused-ring (bicyclic) bond motifs is 1. The first-order valence-corrected chi connectivity index (χ1v) is 8.66. The number of carbonyl (C=O) groups is 1. The topological polar surface area (TPSA) is 69.4 Å². The molecule has 5 nitrogen and oxygen atoms in total. The van der Waals surface area contributed by atoms with E-state index in [1.54, 1.807) is 0 Å². The van der Waals surface area contributed by atoms with Crippen molar-refractivity contribution in [3.05, 3.63) is 21.8 Å². The molecule has 2 aliphatic carbocycles. The highest BCUT2D eigenvalue weighted by Gasteiger charge is 2.39. The molecule has 0 saturated heterocycles. The first-order valence-electron chi connectivity index (χ1n) is 7.75. The number of halogens is 1. The van der Waals surface area contributed by atoms with Crippen LogP contribution in [0.3, 0.4) is 0 Å². The number of nitro groups is 1. The molecule has 0 N–H and O–H groups in total. The first-order chi connectivity index (χ1) is 10.0. The van der Waals surface area contributed by atoms with E-state index in [0.29, 0.717) is 23.6 Å². The fourth-order valence-corrected chi connectivity index (χ4v) is 4.55. The van der Waals surface area contributed by atoms with E-state index in [1.807, 2.05) is 0 Å². The molecule has 3 rings (SSSR count). The summed E-state index contributed by atoms with van der Waals surface area (Å²) < 4.78 is 5.62. The summed E-state index contributed by atoms with van der Waals surface area (Å²) in [4.78, 5) is 23.3. The van der Waals surface area contributed by atoms with E-state index in [-0.39, 0.29) is 22.9 Å². The van der Waals surface area contributed by atoms with Gasteiger partial charge in [-0.2, -0.15) is 0 Å². The number of hydrogen-bond donors (Lipinski definition) is 0. The minimum atomic E-state index is -0.434. The molecule has 116 valence electrons. The number of hydrogen-bond acceptors (Lipinski definition) is 4. The summed E-state index contributed by atoms with van der Waals surface area (Å²) in [5.41, 5.74) is 0.777. The lowest BCUT2D eigenvalue weighted by molar-refractivity contribution is -0.526. The first kappa shape index (κ1) is 15.0. The number of esters is 1. The van der Waals surface area contributed by atoms with Crippen LogP contribution in [-0.2, 0) is 9.53 Å². The Morgan fingerprint density at radius 1 is 1.19 bits per heavy atom. The summed E-state index contributed by atoms with van der Waals surface area (Å²) in [7, 11) is 0. The van der Waals surface area contributed by atoms with Crippen LogP contribution in [-0.4, -0.2) is 27.9 Å². The molecule has 0 spiro atoms. The van der Waals surface area contributed by atoms with E-state index in [1.165, 1.54) is 0 Å². The van der Waals surface area contributed by atoms with Crippen LogP contribution in [0.2, 0.25) is 0 Å². The Hall–Kier alpha value is -0.910. The van der Waals surface area contributed by atoms with Crippen molar-refractivity contribution in [1.29, 1.82) is 0 Å². The SMILES string of the molecule is O=C1O[C@H]2CC[C@@H](Br)C[C@@H]2C=C1C1CCC([N+](=O)[O-])CC1. The molecule has 0 unspecified atom stereocenters. The standard InChI is InChI=1S/C15H20BrNO4/c16-11-3-6-14-10(7-11)8-13(15(18)21-14)9-1-4-12(5-2-9)17(19)20/h8-12,14H,1-7H2/t9?,10-,11-,12?,14+/m1/s1. The second-order valence-corrected chi connectivity index (χ2v) is 7.73. The number of carbonyl (C=O) groups excluding carboxylic acids is 1. The zero-order valence-electron chi connectivity index (χ0n) is 11.9. The van der Waals surface area contributed by atoms with Gasteiger partial charge in [0, 0.05) is 34.1 Å². The van der Waals surface area contributed by atoms with Gasteiger partial charge >= 0.3 is 5.97 Å². The monoisotopic (exact) mass is 357 g/mol. The Morgan fingerprint density at radius 2 is 1.90 bits per heavy atom. The van der Waals surface area contributed by atoms with E-state index < -0.39 is 6.04 Å². The van der Waals surface area contributed by atoms with Gasteiger partial charge in [0.25, 0.3) is 0 Å². The Balaban J connectivity index is 1.70. The largest absolute Gasteiger partial charge is 0.458 e. The maximum atomic E-state index is 12.2. The van der Waals surface area contributed by atoms with Crippen molar-refractivity contribution in [2.45, 2.75) is 61.9 Å². The molecular weight excluding hydrogens is 338 g/mol. The Labute approximate surface area is 132 Å². The Bertz CT molecular complexity index is 470. The average molecular weight is 358 g/mol. The van der Waals surface area contributed by atoms with Crippen LogP contribution in [0.15, 0.2) is 11.6 Å². The second kappa shape index (κ2) is 6.07. The lowest BCUT2D eigenvalue weighted by Crippen LogP contribution is -2.39. The molecule has 1 heterocycles. The zero-order chi connectivity index (χ0) is 15.0. The normalized spacial score (nSPS) is 40.0. The predicted molar refractivity (Wildman–Crippen MR) is 80.8 cm³/mol. The number of ether oxygens (including phenoxy) is 1. The van der Waals surface area contributed by atoms with Gasteiger partial charge < -0.3 is 4.74 Å². The molecule has 2 fully saturated rings. The number of rotatable bonds is 2.